The Hall–Kier alpha value is -0.730. The van der Waals surface area contributed by atoms with E-state index in [1.165, 1.54) is 43.5 Å². The number of anilines is 1. The molecule has 1 N–H and O–H groups in total. The Labute approximate surface area is 121 Å². The Kier molecular flexibility index (Phi) is 3.99. The molecule has 2 fully saturated rings. The van der Waals surface area contributed by atoms with Crippen LogP contribution in [0.25, 0.3) is 0 Å². The quantitative estimate of drug-likeness (QED) is 0.815. The highest BCUT2D eigenvalue weighted by Gasteiger charge is 2.26. The molecule has 0 amide bonds. The molecule has 1 aromatic rings. The predicted molar refractivity (Wildman–Crippen MR) is 81.9 cm³/mol. The zero-order valence-electron chi connectivity index (χ0n) is 11.7. The summed E-state index contributed by atoms with van der Waals surface area (Å²) in [5.74, 6) is 0.906. The first-order valence-electron chi connectivity index (χ1n) is 7.53. The summed E-state index contributed by atoms with van der Waals surface area (Å²) in [6.45, 7) is 5.39. The van der Waals surface area contributed by atoms with Gasteiger partial charge in [0.2, 0.25) is 0 Å². The molecule has 19 heavy (non-hydrogen) atoms. The summed E-state index contributed by atoms with van der Waals surface area (Å²) in [6, 6.07) is 7.04. The normalized spacial score (nSPS) is 18.6. The Bertz CT molecular complexity index is 438. The van der Waals surface area contributed by atoms with Crippen LogP contribution in [0.5, 0.6) is 0 Å². The fourth-order valence-electron chi connectivity index (χ4n) is 2.56. The van der Waals surface area contributed by atoms with E-state index in [0.29, 0.717) is 0 Å². The van der Waals surface area contributed by atoms with Gasteiger partial charge in [-0.1, -0.05) is 17.7 Å². The molecule has 0 heterocycles. The Balaban J connectivity index is 1.77. The van der Waals surface area contributed by atoms with Gasteiger partial charge in [-0.05, 0) is 50.7 Å². The summed E-state index contributed by atoms with van der Waals surface area (Å²) in [5.41, 5.74) is 2.61. The summed E-state index contributed by atoms with van der Waals surface area (Å²) >= 11 is 6.42. The minimum atomic E-state index is 0.725. The second-order valence-electron chi connectivity index (χ2n) is 5.87. The highest BCUT2D eigenvalue weighted by Crippen LogP contribution is 2.34. The standard InChI is InChI=1S/C16H23ClN2/c1-2-19(11-12-6-7-12)16-5-3-4-15(17)14(16)10-18-13-8-9-13/h3-5,12-13,18H,2,6-11H2,1H3. The number of rotatable bonds is 7. The average molecular weight is 279 g/mol. The average Bonchev–Trinajstić information content (AvgIpc) is 3.28. The molecule has 0 atom stereocenters. The minimum absolute atomic E-state index is 0.725. The number of nitrogens with zero attached hydrogens (tertiary/aromatic N) is 1. The van der Waals surface area contributed by atoms with Crippen molar-refractivity contribution in [3.05, 3.63) is 28.8 Å². The predicted octanol–water partition coefficient (Wildman–Crippen LogP) is 3.83. The zero-order chi connectivity index (χ0) is 13.2. The van der Waals surface area contributed by atoms with Crippen molar-refractivity contribution >= 4 is 17.3 Å². The molecule has 2 aliphatic carbocycles. The molecular weight excluding hydrogens is 256 g/mol. The molecule has 2 saturated carbocycles. The number of hydrogen-bond donors (Lipinski definition) is 1. The number of nitrogens with one attached hydrogen (secondary N) is 1. The molecule has 0 saturated heterocycles. The maximum Gasteiger partial charge on any atom is 0.0471 e. The minimum Gasteiger partial charge on any atom is -0.371 e. The van der Waals surface area contributed by atoms with Crippen molar-refractivity contribution in [1.29, 1.82) is 0 Å². The first-order valence-corrected chi connectivity index (χ1v) is 7.91. The van der Waals surface area contributed by atoms with Crippen molar-refractivity contribution in [1.82, 2.24) is 5.32 Å². The third-order valence-corrected chi connectivity index (χ3v) is 4.49. The third kappa shape index (κ3) is 3.43. The summed E-state index contributed by atoms with van der Waals surface area (Å²) in [4.78, 5) is 2.49. The van der Waals surface area contributed by atoms with Gasteiger partial charge in [-0.3, -0.25) is 0 Å². The van der Waals surface area contributed by atoms with Gasteiger partial charge in [0.25, 0.3) is 0 Å². The fraction of sp³-hybridized carbons (Fsp3) is 0.625. The van der Waals surface area contributed by atoms with Crippen LogP contribution in [0, 0.1) is 5.92 Å². The van der Waals surface area contributed by atoms with Crippen LogP contribution in [-0.2, 0) is 6.54 Å². The van der Waals surface area contributed by atoms with E-state index in [9.17, 15) is 0 Å². The van der Waals surface area contributed by atoms with Gasteiger partial charge in [0.15, 0.2) is 0 Å². The van der Waals surface area contributed by atoms with E-state index in [-0.39, 0.29) is 0 Å². The van der Waals surface area contributed by atoms with Crippen LogP contribution in [0.3, 0.4) is 0 Å². The maximum absolute atomic E-state index is 6.42. The monoisotopic (exact) mass is 278 g/mol. The second-order valence-corrected chi connectivity index (χ2v) is 6.28. The maximum atomic E-state index is 6.42. The fourth-order valence-corrected chi connectivity index (χ4v) is 2.80. The SMILES string of the molecule is CCN(CC1CC1)c1cccc(Cl)c1CNC1CC1. The number of halogens is 1. The lowest BCUT2D eigenvalue weighted by Gasteiger charge is -2.26. The first kappa shape index (κ1) is 13.3. The molecule has 104 valence electrons. The molecule has 0 bridgehead atoms. The van der Waals surface area contributed by atoms with E-state index in [1.54, 1.807) is 0 Å². The topological polar surface area (TPSA) is 15.3 Å². The molecule has 0 spiro atoms. The van der Waals surface area contributed by atoms with Crippen LogP contribution in [0.4, 0.5) is 5.69 Å². The lowest BCUT2D eigenvalue weighted by Crippen LogP contribution is -2.27. The van der Waals surface area contributed by atoms with Crippen LogP contribution in [0.2, 0.25) is 5.02 Å². The van der Waals surface area contributed by atoms with Crippen molar-refractivity contribution in [2.24, 2.45) is 5.92 Å². The van der Waals surface area contributed by atoms with Crippen molar-refractivity contribution in [3.63, 3.8) is 0 Å². The lowest BCUT2D eigenvalue weighted by molar-refractivity contribution is 0.678. The van der Waals surface area contributed by atoms with Crippen LogP contribution in [0.15, 0.2) is 18.2 Å². The highest BCUT2D eigenvalue weighted by molar-refractivity contribution is 6.31. The van der Waals surface area contributed by atoms with Crippen molar-refractivity contribution in [2.45, 2.75) is 45.2 Å². The van der Waals surface area contributed by atoms with E-state index in [2.05, 4.69) is 29.3 Å². The van der Waals surface area contributed by atoms with E-state index >= 15 is 0 Å². The van der Waals surface area contributed by atoms with Crippen molar-refractivity contribution in [3.8, 4) is 0 Å². The van der Waals surface area contributed by atoms with Gasteiger partial charge in [0, 0.05) is 41.9 Å². The van der Waals surface area contributed by atoms with Crippen LogP contribution >= 0.6 is 11.6 Å². The molecule has 0 aliphatic heterocycles. The summed E-state index contributed by atoms with van der Waals surface area (Å²) in [7, 11) is 0. The summed E-state index contributed by atoms with van der Waals surface area (Å²) in [5, 5.41) is 4.49. The first-order chi connectivity index (χ1) is 9.28. The summed E-state index contributed by atoms with van der Waals surface area (Å²) < 4.78 is 0. The molecule has 1 aromatic carbocycles. The molecule has 3 rings (SSSR count). The third-order valence-electron chi connectivity index (χ3n) is 4.14. The highest BCUT2D eigenvalue weighted by atomic mass is 35.5. The van der Waals surface area contributed by atoms with E-state index in [0.717, 1.165) is 30.1 Å². The van der Waals surface area contributed by atoms with Gasteiger partial charge < -0.3 is 10.2 Å². The van der Waals surface area contributed by atoms with E-state index < -0.39 is 0 Å². The molecule has 2 aliphatic rings. The Morgan fingerprint density at radius 2 is 2.05 bits per heavy atom. The van der Waals surface area contributed by atoms with E-state index in [1.807, 2.05) is 6.07 Å². The molecule has 3 heteroatoms. The van der Waals surface area contributed by atoms with Gasteiger partial charge in [-0.25, -0.2) is 0 Å². The Morgan fingerprint density at radius 1 is 1.26 bits per heavy atom. The zero-order valence-corrected chi connectivity index (χ0v) is 12.4. The number of hydrogen-bond acceptors (Lipinski definition) is 2. The smallest absolute Gasteiger partial charge is 0.0471 e. The van der Waals surface area contributed by atoms with Gasteiger partial charge in [-0.2, -0.15) is 0 Å². The number of benzene rings is 1. The van der Waals surface area contributed by atoms with Gasteiger partial charge in [0.05, 0.1) is 0 Å². The molecular formula is C16H23ClN2. The second kappa shape index (κ2) is 5.72. The lowest BCUT2D eigenvalue weighted by atomic mass is 10.1. The molecule has 0 aromatic heterocycles. The van der Waals surface area contributed by atoms with Crippen LogP contribution in [-0.4, -0.2) is 19.1 Å². The van der Waals surface area contributed by atoms with Crippen LogP contribution in [0.1, 0.15) is 38.2 Å². The van der Waals surface area contributed by atoms with Crippen molar-refractivity contribution < 1.29 is 0 Å². The largest absolute Gasteiger partial charge is 0.371 e. The van der Waals surface area contributed by atoms with E-state index in [4.69, 9.17) is 11.6 Å². The van der Waals surface area contributed by atoms with Gasteiger partial charge in [-0.15, -0.1) is 0 Å². The summed E-state index contributed by atoms with van der Waals surface area (Å²) in [6.07, 6.45) is 5.43. The molecule has 0 unspecified atom stereocenters. The molecule has 2 nitrogen and oxygen atoms in total. The van der Waals surface area contributed by atoms with Crippen molar-refractivity contribution in [2.75, 3.05) is 18.0 Å². The van der Waals surface area contributed by atoms with Gasteiger partial charge >= 0.3 is 0 Å². The van der Waals surface area contributed by atoms with Crippen LogP contribution < -0.4 is 10.2 Å². The van der Waals surface area contributed by atoms with Gasteiger partial charge in [0.1, 0.15) is 0 Å². The molecule has 0 radical (unpaired) electrons. The Morgan fingerprint density at radius 3 is 2.68 bits per heavy atom.